The lowest BCUT2D eigenvalue weighted by atomic mass is 9.91. The fraction of sp³-hybridized carbons (Fsp3) is 0.588. The first kappa shape index (κ1) is 13.6. The fourth-order valence-corrected chi connectivity index (χ4v) is 3.31. The van der Waals surface area contributed by atoms with Gasteiger partial charge in [0.05, 0.1) is 11.6 Å². The van der Waals surface area contributed by atoms with Gasteiger partial charge in [0, 0.05) is 0 Å². The molecule has 3 nitrogen and oxygen atoms in total. The molecular formula is C17H24N2O. The van der Waals surface area contributed by atoms with Crippen molar-refractivity contribution in [3.8, 4) is 0 Å². The molecule has 108 valence electrons. The van der Waals surface area contributed by atoms with Gasteiger partial charge in [-0.3, -0.25) is 4.79 Å². The van der Waals surface area contributed by atoms with Gasteiger partial charge in [0.1, 0.15) is 0 Å². The van der Waals surface area contributed by atoms with E-state index in [4.69, 9.17) is 0 Å². The Balaban J connectivity index is 1.75. The third kappa shape index (κ3) is 2.59. The molecular weight excluding hydrogens is 248 g/mol. The van der Waals surface area contributed by atoms with E-state index in [1.807, 2.05) is 6.07 Å². The van der Waals surface area contributed by atoms with Crippen LogP contribution in [0.5, 0.6) is 0 Å². The monoisotopic (exact) mass is 272 g/mol. The SMILES string of the molecule is CCC1(C(=O)NC(c2ccccc2)C2CC2)CCCN1. The highest BCUT2D eigenvalue weighted by Gasteiger charge is 2.42. The maximum atomic E-state index is 12.7. The van der Waals surface area contributed by atoms with E-state index < -0.39 is 0 Å². The summed E-state index contributed by atoms with van der Waals surface area (Å²) in [4.78, 5) is 12.7. The molecule has 2 aliphatic rings. The van der Waals surface area contributed by atoms with E-state index in [-0.39, 0.29) is 17.5 Å². The molecule has 1 aromatic rings. The number of nitrogens with one attached hydrogen (secondary N) is 2. The summed E-state index contributed by atoms with van der Waals surface area (Å²) >= 11 is 0. The summed E-state index contributed by atoms with van der Waals surface area (Å²) in [5.74, 6) is 0.815. The fourth-order valence-electron chi connectivity index (χ4n) is 3.31. The molecule has 1 aliphatic heterocycles. The zero-order valence-electron chi connectivity index (χ0n) is 12.2. The Hall–Kier alpha value is -1.35. The van der Waals surface area contributed by atoms with Crippen LogP contribution in [0.1, 0.15) is 50.6 Å². The van der Waals surface area contributed by atoms with Crippen LogP contribution in [-0.4, -0.2) is 18.0 Å². The predicted molar refractivity (Wildman–Crippen MR) is 80.3 cm³/mol. The molecule has 2 unspecified atom stereocenters. The van der Waals surface area contributed by atoms with Crippen molar-refractivity contribution in [3.63, 3.8) is 0 Å². The third-order valence-electron chi connectivity index (χ3n) is 4.82. The molecule has 20 heavy (non-hydrogen) atoms. The second-order valence-corrected chi connectivity index (χ2v) is 6.17. The highest BCUT2D eigenvalue weighted by Crippen LogP contribution is 2.41. The lowest BCUT2D eigenvalue weighted by Gasteiger charge is -2.30. The van der Waals surface area contributed by atoms with Gasteiger partial charge in [-0.1, -0.05) is 37.3 Å². The largest absolute Gasteiger partial charge is 0.347 e. The van der Waals surface area contributed by atoms with Crippen molar-refractivity contribution in [1.82, 2.24) is 10.6 Å². The van der Waals surface area contributed by atoms with Crippen LogP contribution in [0.4, 0.5) is 0 Å². The van der Waals surface area contributed by atoms with Gasteiger partial charge in [-0.2, -0.15) is 0 Å². The van der Waals surface area contributed by atoms with Gasteiger partial charge in [-0.25, -0.2) is 0 Å². The van der Waals surface area contributed by atoms with Gasteiger partial charge in [-0.15, -0.1) is 0 Å². The molecule has 0 radical (unpaired) electrons. The summed E-state index contributed by atoms with van der Waals surface area (Å²) in [6.45, 7) is 3.06. The maximum absolute atomic E-state index is 12.7. The van der Waals surface area contributed by atoms with Crippen molar-refractivity contribution < 1.29 is 4.79 Å². The molecule has 3 heteroatoms. The first-order chi connectivity index (χ1) is 9.75. The van der Waals surface area contributed by atoms with E-state index in [0.717, 1.165) is 25.8 Å². The lowest BCUT2D eigenvalue weighted by molar-refractivity contribution is -0.128. The molecule has 1 saturated carbocycles. The molecule has 2 fully saturated rings. The molecule has 1 amide bonds. The minimum absolute atomic E-state index is 0.189. The normalized spacial score (nSPS) is 27.2. The molecule has 0 aromatic heterocycles. The summed E-state index contributed by atoms with van der Waals surface area (Å²) < 4.78 is 0. The smallest absolute Gasteiger partial charge is 0.240 e. The molecule has 0 bridgehead atoms. The molecule has 1 heterocycles. The molecule has 2 atom stereocenters. The zero-order chi connectivity index (χ0) is 14.0. The number of amides is 1. The molecule has 1 aliphatic carbocycles. The highest BCUT2D eigenvalue weighted by atomic mass is 16.2. The van der Waals surface area contributed by atoms with Crippen LogP contribution in [0.15, 0.2) is 30.3 Å². The van der Waals surface area contributed by atoms with Crippen molar-refractivity contribution in [2.45, 2.75) is 50.6 Å². The Morgan fingerprint density at radius 1 is 1.40 bits per heavy atom. The van der Waals surface area contributed by atoms with Crippen LogP contribution in [0.2, 0.25) is 0 Å². The van der Waals surface area contributed by atoms with Crippen molar-refractivity contribution in [3.05, 3.63) is 35.9 Å². The lowest BCUT2D eigenvalue weighted by Crippen LogP contribution is -2.54. The van der Waals surface area contributed by atoms with E-state index in [1.54, 1.807) is 0 Å². The first-order valence-corrected chi connectivity index (χ1v) is 7.86. The summed E-state index contributed by atoms with van der Waals surface area (Å²) in [6.07, 6.45) is 5.38. The van der Waals surface area contributed by atoms with Crippen LogP contribution in [0.25, 0.3) is 0 Å². The van der Waals surface area contributed by atoms with Gasteiger partial charge < -0.3 is 10.6 Å². The third-order valence-corrected chi connectivity index (χ3v) is 4.82. The zero-order valence-corrected chi connectivity index (χ0v) is 12.2. The molecule has 2 N–H and O–H groups in total. The molecule has 1 aromatic carbocycles. The Morgan fingerprint density at radius 2 is 2.15 bits per heavy atom. The van der Waals surface area contributed by atoms with Crippen molar-refractivity contribution in [1.29, 1.82) is 0 Å². The predicted octanol–water partition coefficient (Wildman–Crippen LogP) is 2.79. The molecule has 3 rings (SSSR count). The van der Waals surface area contributed by atoms with Crippen molar-refractivity contribution in [2.75, 3.05) is 6.54 Å². The molecule has 1 saturated heterocycles. The number of benzene rings is 1. The minimum atomic E-state index is -0.331. The van der Waals surface area contributed by atoms with Gasteiger partial charge in [0.2, 0.25) is 5.91 Å². The van der Waals surface area contributed by atoms with Crippen LogP contribution in [0, 0.1) is 5.92 Å². The average Bonchev–Trinajstić information content (AvgIpc) is 3.21. The number of carbonyl (C=O) groups excluding carboxylic acids is 1. The second kappa shape index (κ2) is 5.57. The van der Waals surface area contributed by atoms with Crippen molar-refractivity contribution in [2.24, 2.45) is 5.92 Å². The summed E-state index contributed by atoms with van der Waals surface area (Å²) in [5, 5.41) is 6.75. The Morgan fingerprint density at radius 3 is 2.70 bits per heavy atom. The van der Waals surface area contributed by atoms with Crippen LogP contribution in [0.3, 0.4) is 0 Å². The number of rotatable bonds is 5. The summed E-state index contributed by atoms with van der Waals surface area (Å²) in [7, 11) is 0. The summed E-state index contributed by atoms with van der Waals surface area (Å²) in [5.41, 5.74) is 0.912. The first-order valence-electron chi connectivity index (χ1n) is 7.86. The van der Waals surface area contributed by atoms with Gasteiger partial charge in [-0.05, 0) is 50.1 Å². The van der Waals surface area contributed by atoms with Gasteiger partial charge in [0.25, 0.3) is 0 Å². The standard InChI is InChI=1S/C17H24N2O/c1-2-17(11-6-12-18-17)16(20)19-15(14-9-10-14)13-7-4-3-5-8-13/h3-5,7-8,14-15,18H,2,6,9-12H2,1H3,(H,19,20). The molecule has 0 spiro atoms. The Labute approximate surface area is 121 Å². The minimum Gasteiger partial charge on any atom is -0.347 e. The van der Waals surface area contributed by atoms with E-state index in [0.29, 0.717) is 5.92 Å². The quantitative estimate of drug-likeness (QED) is 0.865. The van der Waals surface area contributed by atoms with Gasteiger partial charge >= 0.3 is 0 Å². The average molecular weight is 272 g/mol. The topological polar surface area (TPSA) is 41.1 Å². The number of hydrogen-bond acceptors (Lipinski definition) is 2. The summed E-state index contributed by atoms with van der Waals surface area (Å²) in [6, 6.07) is 10.6. The van der Waals surface area contributed by atoms with Crippen LogP contribution >= 0.6 is 0 Å². The Bertz CT molecular complexity index is 461. The van der Waals surface area contributed by atoms with Crippen LogP contribution < -0.4 is 10.6 Å². The van der Waals surface area contributed by atoms with Crippen LogP contribution in [-0.2, 0) is 4.79 Å². The van der Waals surface area contributed by atoms with E-state index >= 15 is 0 Å². The van der Waals surface area contributed by atoms with Gasteiger partial charge in [0.15, 0.2) is 0 Å². The Kier molecular flexibility index (Phi) is 3.79. The van der Waals surface area contributed by atoms with E-state index in [1.165, 1.54) is 18.4 Å². The highest BCUT2D eigenvalue weighted by molar-refractivity contribution is 5.87. The van der Waals surface area contributed by atoms with E-state index in [9.17, 15) is 4.79 Å². The number of hydrogen-bond donors (Lipinski definition) is 2. The van der Waals surface area contributed by atoms with E-state index in [2.05, 4.69) is 41.8 Å². The maximum Gasteiger partial charge on any atom is 0.240 e. The number of carbonyl (C=O) groups is 1. The second-order valence-electron chi connectivity index (χ2n) is 6.17. The van der Waals surface area contributed by atoms with Crippen molar-refractivity contribution >= 4 is 5.91 Å².